The van der Waals surface area contributed by atoms with Gasteiger partial charge in [-0.3, -0.25) is 5.32 Å². The van der Waals surface area contributed by atoms with Gasteiger partial charge in [-0.25, -0.2) is 4.79 Å². The maximum Gasteiger partial charge on any atom is 0.413 e. The van der Waals surface area contributed by atoms with Crippen LogP contribution in [0, 0.1) is 17.8 Å². The normalized spacial score (nSPS) is 25.3. The number of cyclic esters (lactones) is 1. The van der Waals surface area contributed by atoms with Crippen LogP contribution in [0.1, 0.15) is 25.3 Å². The number of rotatable bonds is 0. The third-order valence-corrected chi connectivity index (χ3v) is 3.36. The highest BCUT2D eigenvalue weighted by Crippen LogP contribution is 2.37. The van der Waals surface area contributed by atoms with Crippen LogP contribution in [0.4, 0.5) is 10.5 Å². The number of benzene rings is 1. The summed E-state index contributed by atoms with van der Waals surface area (Å²) in [6.45, 7) is 1.80. The molecule has 1 atom stereocenters. The molecule has 3 nitrogen and oxygen atoms in total. The molecule has 3 rings (SSSR count). The quantitative estimate of drug-likeness (QED) is 0.726. The molecule has 0 unspecified atom stereocenters. The number of nitrogens with one attached hydrogen (secondary N) is 1. The molecule has 1 heterocycles. The first kappa shape index (κ1) is 11.4. The van der Waals surface area contributed by atoms with E-state index in [2.05, 4.69) is 17.2 Å². The molecule has 1 aromatic rings. The largest absolute Gasteiger partial charge is 0.425 e. The summed E-state index contributed by atoms with van der Waals surface area (Å²) in [6.07, 6.45) is 1.80. The molecule has 0 aromatic heterocycles. The van der Waals surface area contributed by atoms with Gasteiger partial charge in [0, 0.05) is 16.5 Å². The topological polar surface area (TPSA) is 38.3 Å². The van der Waals surface area contributed by atoms with Gasteiger partial charge < -0.3 is 4.74 Å². The molecule has 2 aliphatic rings. The van der Waals surface area contributed by atoms with Crippen LogP contribution in [0.25, 0.3) is 0 Å². The van der Waals surface area contributed by atoms with E-state index in [1.165, 1.54) is 0 Å². The van der Waals surface area contributed by atoms with Crippen molar-refractivity contribution < 1.29 is 9.53 Å². The van der Waals surface area contributed by atoms with Crippen LogP contribution in [-0.4, -0.2) is 6.09 Å². The Labute approximate surface area is 110 Å². The molecule has 1 aliphatic carbocycles. The Morgan fingerprint density at radius 2 is 2.28 bits per heavy atom. The van der Waals surface area contributed by atoms with E-state index < -0.39 is 11.7 Å². The summed E-state index contributed by atoms with van der Waals surface area (Å²) in [7, 11) is 0. The van der Waals surface area contributed by atoms with Crippen molar-refractivity contribution in [2.45, 2.75) is 25.4 Å². The minimum absolute atomic E-state index is 0.457. The Morgan fingerprint density at radius 3 is 3.00 bits per heavy atom. The van der Waals surface area contributed by atoms with Gasteiger partial charge in [0.1, 0.15) is 0 Å². The number of ether oxygens (including phenoxy) is 1. The number of hydrogen-bond acceptors (Lipinski definition) is 2. The molecule has 1 saturated carbocycles. The van der Waals surface area contributed by atoms with E-state index in [1.807, 2.05) is 0 Å². The number of anilines is 1. The van der Waals surface area contributed by atoms with Gasteiger partial charge in [0.2, 0.25) is 0 Å². The molecule has 1 fully saturated rings. The zero-order chi connectivity index (χ0) is 12.8. The van der Waals surface area contributed by atoms with Crippen molar-refractivity contribution >= 4 is 23.4 Å². The Hall–Kier alpha value is -1.66. The van der Waals surface area contributed by atoms with Crippen molar-refractivity contribution in [2.24, 2.45) is 5.92 Å². The minimum atomic E-state index is -0.912. The lowest BCUT2D eigenvalue weighted by atomic mass is 9.93. The lowest BCUT2D eigenvalue weighted by Crippen LogP contribution is -2.36. The van der Waals surface area contributed by atoms with Crippen LogP contribution in [0.2, 0.25) is 5.02 Å². The first-order valence-corrected chi connectivity index (χ1v) is 6.27. The van der Waals surface area contributed by atoms with Gasteiger partial charge in [-0.2, -0.15) is 0 Å². The number of hydrogen-bond donors (Lipinski definition) is 1. The maximum atomic E-state index is 11.6. The second kappa shape index (κ2) is 3.93. The molecule has 0 bridgehead atoms. The fourth-order valence-corrected chi connectivity index (χ4v) is 2.13. The molecule has 0 radical (unpaired) electrons. The van der Waals surface area contributed by atoms with Crippen LogP contribution in [0.15, 0.2) is 18.2 Å². The highest BCUT2D eigenvalue weighted by Gasteiger charge is 2.37. The molecule has 4 heteroatoms. The summed E-state index contributed by atoms with van der Waals surface area (Å²) in [5, 5.41) is 3.26. The average molecular weight is 262 g/mol. The number of fused-ring (bicyclic) bond motifs is 1. The van der Waals surface area contributed by atoms with E-state index in [0.717, 1.165) is 18.4 Å². The molecule has 1 aliphatic heterocycles. The zero-order valence-electron chi connectivity index (χ0n) is 9.92. The molecule has 0 saturated heterocycles. The first-order valence-electron chi connectivity index (χ1n) is 5.89. The summed E-state index contributed by atoms with van der Waals surface area (Å²) < 4.78 is 5.35. The summed E-state index contributed by atoms with van der Waals surface area (Å²) in [5.74, 6) is 6.69. The molecule has 18 heavy (non-hydrogen) atoms. The van der Waals surface area contributed by atoms with E-state index in [-0.39, 0.29) is 0 Å². The molecular weight excluding hydrogens is 250 g/mol. The molecule has 92 valence electrons. The summed E-state index contributed by atoms with van der Waals surface area (Å²) in [4.78, 5) is 11.6. The highest BCUT2D eigenvalue weighted by atomic mass is 35.5. The second-order valence-electron chi connectivity index (χ2n) is 4.78. The Morgan fingerprint density at radius 1 is 1.50 bits per heavy atom. The second-order valence-corrected chi connectivity index (χ2v) is 5.22. The smallest absolute Gasteiger partial charge is 0.413 e. The number of carbonyl (C=O) groups excluding carboxylic acids is 1. The standard InChI is InChI=1S/C14H12ClNO2/c1-14(7-6-9-2-3-9)11-8-10(15)4-5-12(11)16-13(17)18-14/h4-5,8-9H,2-3H2,1H3,(H,16,17)/t14-/m0/s1. The minimum Gasteiger partial charge on any atom is -0.425 e. The number of amides is 1. The predicted octanol–water partition coefficient (Wildman–Crippen LogP) is 3.53. The Balaban J connectivity index is 2.07. The Bertz CT molecular complexity index is 583. The highest BCUT2D eigenvalue weighted by molar-refractivity contribution is 6.30. The number of halogens is 1. The monoisotopic (exact) mass is 261 g/mol. The van der Waals surface area contributed by atoms with Crippen molar-refractivity contribution in [3.8, 4) is 11.8 Å². The van der Waals surface area contributed by atoms with Crippen molar-refractivity contribution in [1.29, 1.82) is 0 Å². The molecule has 0 spiro atoms. The van der Waals surface area contributed by atoms with E-state index in [1.54, 1.807) is 25.1 Å². The molecule has 1 amide bonds. The average Bonchev–Trinajstić information content (AvgIpc) is 3.12. The maximum absolute atomic E-state index is 11.6. The van der Waals surface area contributed by atoms with Crippen LogP contribution in [0.5, 0.6) is 0 Å². The van der Waals surface area contributed by atoms with Gasteiger partial charge in [0.05, 0.1) is 5.69 Å². The Kier molecular flexibility index (Phi) is 2.49. The fraction of sp³-hybridized carbons (Fsp3) is 0.357. The van der Waals surface area contributed by atoms with Crippen molar-refractivity contribution in [2.75, 3.05) is 5.32 Å². The lowest BCUT2D eigenvalue weighted by Gasteiger charge is -2.31. The van der Waals surface area contributed by atoms with Crippen molar-refractivity contribution in [1.82, 2.24) is 0 Å². The van der Waals surface area contributed by atoms with Crippen molar-refractivity contribution in [3.05, 3.63) is 28.8 Å². The third kappa shape index (κ3) is 2.04. The van der Waals surface area contributed by atoms with E-state index in [4.69, 9.17) is 16.3 Å². The van der Waals surface area contributed by atoms with Crippen LogP contribution >= 0.6 is 11.6 Å². The lowest BCUT2D eigenvalue weighted by molar-refractivity contribution is 0.0714. The van der Waals surface area contributed by atoms with Crippen molar-refractivity contribution in [3.63, 3.8) is 0 Å². The van der Waals surface area contributed by atoms with Crippen LogP contribution < -0.4 is 5.32 Å². The summed E-state index contributed by atoms with van der Waals surface area (Å²) in [6, 6.07) is 5.30. The van der Waals surface area contributed by atoms with Crippen LogP contribution in [0.3, 0.4) is 0 Å². The molecular formula is C14H12ClNO2. The van der Waals surface area contributed by atoms with Gasteiger partial charge in [-0.15, -0.1) is 0 Å². The van der Waals surface area contributed by atoms with Gasteiger partial charge >= 0.3 is 6.09 Å². The van der Waals surface area contributed by atoms with Gasteiger partial charge in [-0.05, 0) is 38.0 Å². The van der Waals surface area contributed by atoms with E-state index in [9.17, 15) is 4.79 Å². The predicted molar refractivity (Wildman–Crippen MR) is 69.4 cm³/mol. The SMILES string of the molecule is C[C@@]1(C#CC2CC2)OC(=O)Nc2ccc(Cl)cc21. The van der Waals surface area contributed by atoms with Gasteiger partial charge in [0.15, 0.2) is 5.60 Å². The molecule has 1 N–H and O–H groups in total. The zero-order valence-corrected chi connectivity index (χ0v) is 10.7. The molecule has 1 aromatic carbocycles. The van der Waals surface area contributed by atoms with Gasteiger partial charge in [0.25, 0.3) is 0 Å². The number of carbonyl (C=O) groups is 1. The summed E-state index contributed by atoms with van der Waals surface area (Å²) >= 11 is 6.00. The third-order valence-electron chi connectivity index (χ3n) is 3.12. The fourth-order valence-electron chi connectivity index (χ4n) is 1.96. The van der Waals surface area contributed by atoms with Gasteiger partial charge in [-0.1, -0.05) is 23.4 Å². The van der Waals surface area contributed by atoms with Crippen LogP contribution in [-0.2, 0) is 10.3 Å². The first-order chi connectivity index (χ1) is 8.57. The summed E-state index contributed by atoms with van der Waals surface area (Å²) in [5.41, 5.74) is 0.608. The van der Waals surface area contributed by atoms with E-state index in [0.29, 0.717) is 16.6 Å². The van der Waals surface area contributed by atoms with E-state index >= 15 is 0 Å².